The van der Waals surface area contributed by atoms with Gasteiger partial charge in [-0.25, -0.2) is 17.2 Å². The minimum atomic E-state index is -4.01. The molecule has 0 bridgehead atoms. The number of hydrogen-bond donors (Lipinski definition) is 0. The van der Waals surface area contributed by atoms with E-state index in [1.807, 2.05) is 0 Å². The Hall–Kier alpha value is -1.14. The zero-order chi connectivity index (χ0) is 11.9. The summed E-state index contributed by atoms with van der Waals surface area (Å²) in [5, 5.41) is 0.0247. The molecule has 0 spiro atoms. The first-order valence-electron chi connectivity index (χ1n) is 4.15. The molecule has 16 heavy (non-hydrogen) atoms. The third-order valence-corrected chi connectivity index (χ3v) is 3.02. The highest BCUT2D eigenvalue weighted by Gasteiger charge is 2.20. The summed E-state index contributed by atoms with van der Waals surface area (Å²) in [6, 6.07) is 2.21. The number of fused-ring (bicyclic) bond motifs is 1. The van der Waals surface area contributed by atoms with Gasteiger partial charge in [0.2, 0.25) is 9.05 Å². The molecule has 2 rings (SSSR count). The fourth-order valence-electron chi connectivity index (χ4n) is 1.39. The third kappa shape index (κ3) is 2.03. The number of rotatable bonds is 2. The van der Waals surface area contributed by atoms with Crippen molar-refractivity contribution >= 4 is 30.7 Å². The number of benzene rings is 1. The van der Waals surface area contributed by atoms with Gasteiger partial charge in [0.25, 0.3) is 0 Å². The second-order valence-electron chi connectivity index (χ2n) is 3.17. The normalized spacial score (nSPS) is 12.2. The lowest BCUT2D eigenvalue weighted by Crippen LogP contribution is -2.02. The Labute approximate surface area is 94.0 Å². The van der Waals surface area contributed by atoms with Crippen LogP contribution in [0, 0.1) is 11.6 Å². The average Bonchev–Trinajstić information content (AvgIpc) is 2.58. The lowest BCUT2D eigenvalue weighted by atomic mass is 10.1. The molecule has 0 aliphatic carbocycles. The van der Waals surface area contributed by atoms with Crippen molar-refractivity contribution in [3.8, 4) is 0 Å². The molecule has 3 nitrogen and oxygen atoms in total. The van der Waals surface area contributed by atoms with Gasteiger partial charge < -0.3 is 4.42 Å². The second kappa shape index (κ2) is 3.71. The van der Waals surface area contributed by atoms with Crippen molar-refractivity contribution in [2.75, 3.05) is 0 Å². The molecular formula is C9H5ClF2O3S. The van der Waals surface area contributed by atoms with Crippen molar-refractivity contribution in [1.29, 1.82) is 0 Å². The molecule has 0 atom stereocenters. The Morgan fingerprint density at radius 3 is 2.69 bits per heavy atom. The van der Waals surface area contributed by atoms with Crippen LogP contribution in [0.25, 0.3) is 11.0 Å². The molecule has 0 fully saturated rings. The van der Waals surface area contributed by atoms with E-state index in [-0.39, 0.29) is 11.0 Å². The zero-order valence-corrected chi connectivity index (χ0v) is 9.28. The van der Waals surface area contributed by atoms with Gasteiger partial charge in [0.1, 0.15) is 17.2 Å². The molecule has 1 aromatic heterocycles. The molecule has 1 aromatic carbocycles. The molecular weight excluding hydrogens is 262 g/mol. The summed E-state index contributed by atoms with van der Waals surface area (Å²) in [6.07, 6.45) is 1.19. The molecule has 0 aliphatic heterocycles. The molecule has 0 saturated heterocycles. The summed E-state index contributed by atoms with van der Waals surface area (Å²) in [5.74, 6) is -2.86. The first-order chi connectivity index (χ1) is 7.38. The quantitative estimate of drug-likeness (QED) is 0.785. The van der Waals surface area contributed by atoms with E-state index in [2.05, 4.69) is 0 Å². The van der Waals surface area contributed by atoms with Gasteiger partial charge in [-0.15, -0.1) is 0 Å². The van der Waals surface area contributed by atoms with Crippen molar-refractivity contribution < 1.29 is 21.6 Å². The Kier molecular flexibility index (Phi) is 2.63. The molecule has 2 aromatic rings. The van der Waals surface area contributed by atoms with Crippen LogP contribution in [-0.2, 0) is 14.8 Å². The number of hydrogen-bond acceptors (Lipinski definition) is 3. The monoisotopic (exact) mass is 266 g/mol. The highest BCUT2D eigenvalue weighted by atomic mass is 35.7. The number of halogens is 3. The lowest BCUT2D eigenvalue weighted by molar-refractivity contribution is 0.558. The van der Waals surface area contributed by atoms with Crippen LogP contribution in [0.5, 0.6) is 0 Å². The standard InChI is InChI=1S/C9H5ClF2O3S/c10-16(13,14)4-6-7(11)3-8-5(9(6)12)1-2-15-8/h1-3H,4H2. The Balaban J connectivity index is 2.69. The van der Waals surface area contributed by atoms with Crippen molar-refractivity contribution in [2.45, 2.75) is 5.75 Å². The summed E-state index contributed by atoms with van der Waals surface area (Å²) < 4.78 is 53.4. The Morgan fingerprint density at radius 2 is 2.06 bits per heavy atom. The van der Waals surface area contributed by atoms with Gasteiger partial charge in [-0.3, -0.25) is 0 Å². The van der Waals surface area contributed by atoms with E-state index in [4.69, 9.17) is 15.1 Å². The maximum Gasteiger partial charge on any atom is 0.236 e. The molecule has 0 aliphatic rings. The highest BCUT2D eigenvalue weighted by molar-refractivity contribution is 8.13. The van der Waals surface area contributed by atoms with E-state index in [0.717, 1.165) is 6.07 Å². The fraction of sp³-hybridized carbons (Fsp3) is 0.111. The molecule has 0 amide bonds. The minimum absolute atomic E-state index is 0.0192. The van der Waals surface area contributed by atoms with Crippen molar-refractivity contribution in [2.24, 2.45) is 0 Å². The Morgan fingerprint density at radius 1 is 1.38 bits per heavy atom. The summed E-state index contributed by atoms with van der Waals surface area (Å²) in [7, 11) is 0.940. The predicted octanol–water partition coefficient (Wildman–Crippen LogP) is 2.78. The van der Waals surface area contributed by atoms with E-state index in [0.29, 0.717) is 0 Å². The van der Waals surface area contributed by atoms with Gasteiger partial charge in [0, 0.05) is 22.3 Å². The highest BCUT2D eigenvalue weighted by Crippen LogP contribution is 2.26. The third-order valence-electron chi connectivity index (χ3n) is 2.06. The van der Waals surface area contributed by atoms with Crippen LogP contribution < -0.4 is 0 Å². The van der Waals surface area contributed by atoms with Crippen LogP contribution in [0.1, 0.15) is 5.56 Å². The second-order valence-corrected chi connectivity index (χ2v) is 5.94. The van der Waals surface area contributed by atoms with Crippen molar-refractivity contribution in [3.05, 3.63) is 35.6 Å². The SMILES string of the molecule is O=S(=O)(Cl)Cc1c(F)cc2occc2c1F. The smallest absolute Gasteiger partial charge is 0.236 e. The van der Waals surface area contributed by atoms with Gasteiger partial charge in [-0.2, -0.15) is 0 Å². The molecule has 86 valence electrons. The predicted molar refractivity (Wildman–Crippen MR) is 54.6 cm³/mol. The van der Waals surface area contributed by atoms with Gasteiger partial charge in [0.15, 0.2) is 0 Å². The van der Waals surface area contributed by atoms with Crippen LogP contribution in [0.2, 0.25) is 0 Å². The van der Waals surface area contributed by atoms with E-state index in [1.165, 1.54) is 12.3 Å². The van der Waals surface area contributed by atoms with E-state index < -0.39 is 32.0 Å². The lowest BCUT2D eigenvalue weighted by Gasteiger charge is -2.03. The molecule has 7 heteroatoms. The molecule has 1 heterocycles. The van der Waals surface area contributed by atoms with E-state index >= 15 is 0 Å². The first kappa shape index (κ1) is 11.3. The maximum atomic E-state index is 13.7. The minimum Gasteiger partial charge on any atom is -0.464 e. The van der Waals surface area contributed by atoms with Crippen LogP contribution in [0.15, 0.2) is 22.8 Å². The summed E-state index contributed by atoms with van der Waals surface area (Å²) in [5.41, 5.74) is -0.561. The van der Waals surface area contributed by atoms with Gasteiger partial charge in [-0.05, 0) is 6.07 Å². The maximum absolute atomic E-state index is 13.7. The van der Waals surface area contributed by atoms with Crippen molar-refractivity contribution in [1.82, 2.24) is 0 Å². The molecule has 0 N–H and O–H groups in total. The fourth-order valence-corrected chi connectivity index (χ4v) is 2.33. The van der Waals surface area contributed by atoms with E-state index in [9.17, 15) is 17.2 Å². The first-order valence-corrected chi connectivity index (χ1v) is 6.63. The Bertz CT molecular complexity index is 648. The van der Waals surface area contributed by atoms with Gasteiger partial charge in [-0.1, -0.05) is 0 Å². The van der Waals surface area contributed by atoms with Crippen LogP contribution >= 0.6 is 10.7 Å². The molecule has 0 unspecified atom stereocenters. The summed E-state index contributed by atoms with van der Waals surface area (Å²) >= 11 is 0. The van der Waals surface area contributed by atoms with E-state index in [1.54, 1.807) is 0 Å². The van der Waals surface area contributed by atoms with Crippen LogP contribution in [0.3, 0.4) is 0 Å². The summed E-state index contributed by atoms with van der Waals surface area (Å²) in [6.45, 7) is 0. The zero-order valence-electron chi connectivity index (χ0n) is 7.71. The van der Waals surface area contributed by atoms with Crippen LogP contribution in [0.4, 0.5) is 8.78 Å². The largest absolute Gasteiger partial charge is 0.464 e. The topological polar surface area (TPSA) is 47.3 Å². The molecule has 0 radical (unpaired) electrons. The van der Waals surface area contributed by atoms with Gasteiger partial charge in [0.05, 0.1) is 17.4 Å². The van der Waals surface area contributed by atoms with Gasteiger partial charge >= 0.3 is 0 Å². The van der Waals surface area contributed by atoms with Crippen molar-refractivity contribution in [3.63, 3.8) is 0 Å². The average molecular weight is 267 g/mol. The number of furan rings is 1. The van der Waals surface area contributed by atoms with Crippen LogP contribution in [-0.4, -0.2) is 8.42 Å². The molecule has 0 saturated carbocycles. The summed E-state index contributed by atoms with van der Waals surface area (Å²) in [4.78, 5) is 0.